The van der Waals surface area contributed by atoms with Crippen LogP contribution in [0.2, 0.25) is 0 Å². The van der Waals surface area contributed by atoms with Gasteiger partial charge in [0.15, 0.2) is 17.5 Å². The summed E-state index contributed by atoms with van der Waals surface area (Å²) in [6, 6.07) is 1.10. The van der Waals surface area contributed by atoms with E-state index in [1.807, 2.05) is 0 Å². The second kappa shape index (κ2) is 6.30. The molecule has 10 heteroatoms. The standard InChI is InChI=1S/C14H15F2N5O3/c1-24-11-5-9(16)8(15)4-10(11)18-13(22)17-6-12-19-20-14(23)21(12)7-2-3-7/h4-5,7H,2-3,6H2,1H3,(H,20,23)(H2,17,18,22). The first-order valence-corrected chi connectivity index (χ1v) is 7.23. The predicted octanol–water partition coefficient (Wildman–Crippen LogP) is 1.51. The smallest absolute Gasteiger partial charge is 0.343 e. The molecule has 1 saturated carbocycles. The summed E-state index contributed by atoms with van der Waals surface area (Å²) in [4.78, 5) is 23.6. The summed E-state index contributed by atoms with van der Waals surface area (Å²) >= 11 is 0. The fraction of sp³-hybridized carbons (Fsp3) is 0.357. The third-order valence-corrected chi connectivity index (χ3v) is 3.59. The van der Waals surface area contributed by atoms with Crippen molar-refractivity contribution in [3.05, 3.63) is 40.1 Å². The molecule has 1 aromatic carbocycles. The minimum atomic E-state index is -1.11. The van der Waals surface area contributed by atoms with Gasteiger partial charge >= 0.3 is 11.7 Å². The van der Waals surface area contributed by atoms with Crippen LogP contribution in [0.25, 0.3) is 0 Å². The van der Waals surface area contributed by atoms with Crippen LogP contribution in [0.3, 0.4) is 0 Å². The van der Waals surface area contributed by atoms with Crippen molar-refractivity contribution in [3.63, 3.8) is 0 Å². The highest BCUT2D eigenvalue weighted by Gasteiger charge is 2.28. The monoisotopic (exact) mass is 339 g/mol. The summed E-state index contributed by atoms with van der Waals surface area (Å²) in [5.41, 5.74) is -0.340. The van der Waals surface area contributed by atoms with Crippen LogP contribution in [-0.4, -0.2) is 27.9 Å². The van der Waals surface area contributed by atoms with Gasteiger partial charge in [0.25, 0.3) is 0 Å². The van der Waals surface area contributed by atoms with Crippen molar-refractivity contribution in [2.24, 2.45) is 0 Å². The lowest BCUT2D eigenvalue weighted by molar-refractivity contribution is 0.251. The number of methoxy groups -OCH3 is 1. The second-order valence-corrected chi connectivity index (χ2v) is 5.32. The number of anilines is 1. The Labute approximate surface area is 134 Å². The molecule has 1 heterocycles. The molecule has 1 fully saturated rings. The number of nitrogens with zero attached hydrogens (tertiary/aromatic N) is 2. The van der Waals surface area contributed by atoms with Crippen LogP contribution >= 0.6 is 0 Å². The largest absolute Gasteiger partial charge is 0.494 e. The summed E-state index contributed by atoms with van der Waals surface area (Å²) < 4.78 is 32.8. The zero-order chi connectivity index (χ0) is 17.3. The Hall–Kier alpha value is -2.91. The van der Waals surface area contributed by atoms with E-state index in [-0.39, 0.29) is 29.7 Å². The zero-order valence-corrected chi connectivity index (χ0v) is 12.7. The van der Waals surface area contributed by atoms with Crippen LogP contribution < -0.4 is 21.1 Å². The van der Waals surface area contributed by atoms with E-state index in [9.17, 15) is 18.4 Å². The molecule has 2 aromatic rings. The highest BCUT2D eigenvalue weighted by Crippen LogP contribution is 2.34. The Balaban J connectivity index is 1.66. The molecule has 3 N–H and O–H groups in total. The van der Waals surface area contributed by atoms with E-state index in [0.717, 1.165) is 25.0 Å². The Bertz CT molecular complexity index is 828. The van der Waals surface area contributed by atoms with Crippen molar-refractivity contribution in [1.29, 1.82) is 0 Å². The lowest BCUT2D eigenvalue weighted by Gasteiger charge is -2.11. The van der Waals surface area contributed by atoms with E-state index in [0.29, 0.717) is 5.82 Å². The molecule has 1 aromatic heterocycles. The molecule has 1 aliphatic rings. The number of carbonyl (C=O) groups excluding carboxylic acids is 1. The van der Waals surface area contributed by atoms with Gasteiger partial charge in [-0.1, -0.05) is 0 Å². The molecule has 2 amide bonds. The Morgan fingerprint density at radius 1 is 1.42 bits per heavy atom. The molecule has 0 saturated heterocycles. The van der Waals surface area contributed by atoms with Gasteiger partial charge in [0.1, 0.15) is 5.75 Å². The number of benzene rings is 1. The maximum absolute atomic E-state index is 13.3. The van der Waals surface area contributed by atoms with E-state index in [1.54, 1.807) is 0 Å². The predicted molar refractivity (Wildman–Crippen MR) is 79.9 cm³/mol. The maximum atomic E-state index is 13.3. The van der Waals surface area contributed by atoms with Gasteiger partial charge < -0.3 is 15.4 Å². The molecule has 1 aliphatic carbocycles. The molecule has 0 spiro atoms. The maximum Gasteiger partial charge on any atom is 0.343 e. The number of nitrogens with one attached hydrogen (secondary N) is 3. The molecule has 0 bridgehead atoms. The van der Waals surface area contributed by atoms with E-state index in [2.05, 4.69) is 20.8 Å². The van der Waals surface area contributed by atoms with Gasteiger partial charge in [0.2, 0.25) is 0 Å². The summed E-state index contributed by atoms with van der Waals surface area (Å²) in [5, 5.41) is 11.1. The molecule has 3 rings (SSSR count). The third-order valence-electron chi connectivity index (χ3n) is 3.59. The van der Waals surface area contributed by atoms with Gasteiger partial charge in [-0.15, -0.1) is 0 Å². The highest BCUT2D eigenvalue weighted by molar-refractivity contribution is 5.90. The van der Waals surface area contributed by atoms with Crippen LogP contribution in [0.1, 0.15) is 24.7 Å². The minimum Gasteiger partial charge on any atom is -0.494 e. The molecule has 8 nitrogen and oxygen atoms in total. The number of urea groups is 1. The zero-order valence-electron chi connectivity index (χ0n) is 12.7. The average Bonchev–Trinajstić information content (AvgIpc) is 3.31. The summed E-state index contributed by atoms with van der Waals surface area (Å²) in [5.74, 6) is -1.81. The van der Waals surface area contributed by atoms with Crippen LogP contribution in [0.5, 0.6) is 5.75 Å². The van der Waals surface area contributed by atoms with Crippen LogP contribution in [0, 0.1) is 11.6 Å². The van der Waals surface area contributed by atoms with E-state index < -0.39 is 17.7 Å². The Morgan fingerprint density at radius 2 is 2.12 bits per heavy atom. The molecule has 0 aliphatic heterocycles. The van der Waals surface area contributed by atoms with Gasteiger partial charge in [-0.25, -0.2) is 23.5 Å². The molecule has 24 heavy (non-hydrogen) atoms. The molecular weight excluding hydrogens is 324 g/mol. The summed E-state index contributed by atoms with van der Waals surface area (Å²) in [6.45, 7) is 0.00701. The minimum absolute atomic E-state index is 0.00701. The van der Waals surface area contributed by atoms with Crippen molar-refractivity contribution in [2.45, 2.75) is 25.4 Å². The molecule has 128 valence electrons. The number of hydrogen-bond donors (Lipinski definition) is 3. The van der Waals surface area contributed by atoms with E-state index in [1.165, 1.54) is 11.7 Å². The number of H-pyrrole nitrogens is 1. The van der Waals surface area contributed by atoms with E-state index >= 15 is 0 Å². The van der Waals surface area contributed by atoms with Crippen molar-refractivity contribution < 1.29 is 18.3 Å². The number of halogens is 2. The van der Waals surface area contributed by atoms with Gasteiger partial charge in [0, 0.05) is 18.2 Å². The summed E-state index contributed by atoms with van der Waals surface area (Å²) in [7, 11) is 1.27. The van der Waals surface area contributed by atoms with Crippen LogP contribution in [-0.2, 0) is 6.54 Å². The quantitative estimate of drug-likeness (QED) is 0.769. The first-order chi connectivity index (χ1) is 11.5. The number of ether oxygens (including phenoxy) is 1. The van der Waals surface area contributed by atoms with Crippen LogP contribution in [0.15, 0.2) is 16.9 Å². The van der Waals surface area contributed by atoms with Crippen molar-refractivity contribution in [1.82, 2.24) is 20.1 Å². The highest BCUT2D eigenvalue weighted by atomic mass is 19.2. The summed E-state index contributed by atoms with van der Waals surface area (Å²) in [6.07, 6.45) is 1.79. The fourth-order valence-corrected chi connectivity index (χ4v) is 2.29. The fourth-order valence-electron chi connectivity index (χ4n) is 2.29. The average molecular weight is 339 g/mol. The lowest BCUT2D eigenvalue weighted by Crippen LogP contribution is -2.30. The number of aromatic amines is 1. The Morgan fingerprint density at radius 3 is 2.79 bits per heavy atom. The normalized spacial score (nSPS) is 13.6. The topological polar surface area (TPSA) is 101 Å². The lowest BCUT2D eigenvalue weighted by atomic mass is 10.2. The van der Waals surface area contributed by atoms with Gasteiger partial charge in [-0.05, 0) is 12.8 Å². The van der Waals surface area contributed by atoms with Crippen molar-refractivity contribution in [3.8, 4) is 5.75 Å². The SMILES string of the molecule is COc1cc(F)c(F)cc1NC(=O)NCc1n[nH]c(=O)n1C1CC1. The van der Waals surface area contributed by atoms with Gasteiger partial charge in [0.05, 0.1) is 19.3 Å². The number of hydrogen-bond acceptors (Lipinski definition) is 4. The molecule has 0 unspecified atom stereocenters. The van der Waals surface area contributed by atoms with E-state index in [4.69, 9.17) is 4.74 Å². The first-order valence-electron chi connectivity index (χ1n) is 7.23. The first kappa shape index (κ1) is 16.0. The Kier molecular flexibility index (Phi) is 4.19. The van der Waals surface area contributed by atoms with Gasteiger partial charge in [-0.3, -0.25) is 4.57 Å². The van der Waals surface area contributed by atoms with Crippen molar-refractivity contribution >= 4 is 11.7 Å². The number of aromatic nitrogens is 3. The van der Waals surface area contributed by atoms with Crippen molar-refractivity contribution in [2.75, 3.05) is 12.4 Å². The molecular formula is C14H15F2N5O3. The number of amides is 2. The van der Waals surface area contributed by atoms with Gasteiger partial charge in [-0.2, -0.15) is 5.10 Å². The van der Waals surface area contributed by atoms with Crippen LogP contribution in [0.4, 0.5) is 19.3 Å². The molecule has 0 radical (unpaired) electrons. The molecule has 0 atom stereocenters. The number of rotatable bonds is 5. The third kappa shape index (κ3) is 3.21. The number of carbonyl (C=O) groups is 1. The second-order valence-electron chi connectivity index (χ2n) is 5.32.